The fraction of sp³-hybridized carbons (Fsp3) is 0.222. The highest BCUT2D eigenvalue weighted by Crippen LogP contribution is 2.29. The van der Waals surface area contributed by atoms with Crippen LogP contribution in [-0.4, -0.2) is 19.7 Å². The molecule has 0 saturated heterocycles. The van der Waals surface area contributed by atoms with Crippen LogP contribution in [0.25, 0.3) is 22.2 Å². The highest BCUT2D eigenvalue weighted by atomic mass is 127. The van der Waals surface area contributed by atoms with Gasteiger partial charge in [-0.05, 0) is 68.3 Å². The molecule has 7 nitrogen and oxygen atoms in total. The molecule has 0 radical (unpaired) electrons. The van der Waals surface area contributed by atoms with Gasteiger partial charge in [0, 0.05) is 23.2 Å². The number of aromatic nitrogens is 4. The van der Waals surface area contributed by atoms with E-state index in [1.165, 1.54) is 0 Å². The zero-order valence-electron chi connectivity index (χ0n) is 19.8. The van der Waals surface area contributed by atoms with Crippen LogP contribution in [0, 0.1) is 13.8 Å². The van der Waals surface area contributed by atoms with Gasteiger partial charge in [-0.15, -0.1) is 0 Å². The first kappa shape index (κ1) is 23.3. The van der Waals surface area contributed by atoms with Crippen LogP contribution >= 0.6 is 22.6 Å². The normalized spacial score (nSPS) is 12.1. The Hall–Kier alpha value is -3.40. The summed E-state index contributed by atoms with van der Waals surface area (Å²) in [5.41, 5.74) is 5.91. The molecule has 0 amide bonds. The Morgan fingerprint density at radius 1 is 1.09 bits per heavy atom. The predicted molar refractivity (Wildman–Crippen MR) is 146 cm³/mol. The van der Waals surface area contributed by atoms with Gasteiger partial charge in [-0.2, -0.15) is 5.10 Å². The van der Waals surface area contributed by atoms with Crippen molar-refractivity contribution < 1.29 is 9.15 Å². The first-order valence-corrected chi connectivity index (χ1v) is 12.9. The minimum absolute atomic E-state index is 0.0255. The molecular formula is C27H26IN5O2. The molecule has 0 spiro atoms. The van der Waals surface area contributed by atoms with E-state index in [2.05, 4.69) is 68.1 Å². The number of anilines is 1. The van der Waals surface area contributed by atoms with Crippen molar-refractivity contribution in [1.29, 1.82) is 0 Å². The molecule has 0 bridgehead atoms. The number of rotatable bonds is 8. The van der Waals surface area contributed by atoms with Crippen molar-refractivity contribution in [2.24, 2.45) is 0 Å². The topological polar surface area (TPSA) is 78.0 Å². The van der Waals surface area contributed by atoms with Crippen LogP contribution in [-0.2, 0) is 11.2 Å². The largest absolute Gasteiger partial charge is 0.487 e. The van der Waals surface area contributed by atoms with Crippen molar-refractivity contribution in [2.75, 3.05) is 5.32 Å². The van der Waals surface area contributed by atoms with Crippen molar-refractivity contribution in [1.82, 2.24) is 19.7 Å². The van der Waals surface area contributed by atoms with Crippen LogP contribution in [0.2, 0.25) is 0 Å². The Bertz CT molecular complexity index is 1480. The van der Waals surface area contributed by atoms with Gasteiger partial charge >= 0.3 is 0 Å². The van der Waals surface area contributed by atoms with Crippen molar-refractivity contribution in [3.05, 3.63) is 89.7 Å². The van der Waals surface area contributed by atoms with Crippen molar-refractivity contribution in [3.8, 4) is 17.0 Å². The van der Waals surface area contributed by atoms with Crippen LogP contribution in [0.1, 0.15) is 35.6 Å². The first-order chi connectivity index (χ1) is 17.0. The van der Waals surface area contributed by atoms with Crippen LogP contribution < -0.4 is 10.1 Å². The molecule has 178 valence electrons. The van der Waals surface area contributed by atoms with Gasteiger partial charge in [-0.1, -0.05) is 34.7 Å². The van der Waals surface area contributed by atoms with Crippen LogP contribution in [0.4, 0.5) is 5.82 Å². The van der Waals surface area contributed by atoms with E-state index in [1.54, 1.807) is 6.26 Å². The maximum absolute atomic E-state index is 5.99. The first-order valence-electron chi connectivity index (χ1n) is 11.4. The van der Waals surface area contributed by atoms with Gasteiger partial charge in [0.15, 0.2) is 0 Å². The number of halogens is 1. The predicted octanol–water partition coefficient (Wildman–Crippen LogP) is 6.85. The third-order valence-electron chi connectivity index (χ3n) is 5.83. The van der Waals surface area contributed by atoms with E-state index in [-0.39, 0.29) is 6.04 Å². The summed E-state index contributed by atoms with van der Waals surface area (Å²) >= 11 is 2.28. The van der Waals surface area contributed by atoms with E-state index in [9.17, 15) is 0 Å². The lowest BCUT2D eigenvalue weighted by Gasteiger charge is -2.17. The molecule has 1 N–H and O–H groups in total. The van der Waals surface area contributed by atoms with Gasteiger partial charge in [-0.25, -0.2) is 9.97 Å². The summed E-state index contributed by atoms with van der Waals surface area (Å²) in [4.78, 5) is 9.29. The van der Waals surface area contributed by atoms with Gasteiger partial charge in [0.1, 0.15) is 29.6 Å². The monoisotopic (exact) mass is 579 g/mol. The second-order valence-corrected chi connectivity index (χ2v) is 9.19. The number of alkyl halides is 1. The maximum atomic E-state index is 5.99. The molecule has 5 aromatic rings. The van der Waals surface area contributed by atoms with Crippen LogP contribution in [0.15, 0.2) is 71.5 Å². The van der Waals surface area contributed by atoms with Gasteiger partial charge in [0.2, 0.25) is 0 Å². The quantitative estimate of drug-likeness (QED) is 0.160. The SMILES string of the molecule is Cc1nc(NC(C)c2cccc(OCc3ccn(CI)n3)c2)cc(-c2ccc3occ(C)c3c2)n1. The standard InChI is InChI=1S/C27H26IN5O2/c1-17-14-35-26-8-7-21(12-24(17)26)25-13-27(31-19(3)30-25)29-18(2)20-5-4-6-23(11-20)34-15-22-9-10-33(16-28)32-22/h4-14,18H,15-16H2,1-3H3,(H,29,30,31). The molecule has 2 aromatic carbocycles. The summed E-state index contributed by atoms with van der Waals surface area (Å²) in [6.07, 6.45) is 3.74. The van der Waals surface area contributed by atoms with Gasteiger partial charge in [0.05, 0.1) is 28.2 Å². The average Bonchev–Trinajstić information content (AvgIpc) is 3.48. The number of furan rings is 1. The zero-order valence-corrected chi connectivity index (χ0v) is 22.0. The summed E-state index contributed by atoms with van der Waals surface area (Å²) in [6, 6.07) is 18.2. The number of fused-ring (bicyclic) bond motifs is 1. The Morgan fingerprint density at radius 2 is 1.97 bits per heavy atom. The number of hydrogen-bond acceptors (Lipinski definition) is 6. The second kappa shape index (κ2) is 10.1. The molecular weight excluding hydrogens is 553 g/mol. The fourth-order valence-electron chi connectivity index (χ4n) is 3.99. The average molecular weight is 579 g/mol. The van der Waals surface area contributed by atoms with Crippen molar-refractivity contribution >= 4 is 39.4 Å². The Morgan fingerprint density at radius 3 is 2.80 bits per heavy atom. The minimum atomic E-state index is 0.0255. The number of hydrogen-bond donors (Lipinski definition) is 1. The number of benzene rings is 2. The fourth-order valence-corrected chi connectivity index (χ4v) is 4.37. The number of ether oxygens (including phenoxy) is 1. The molecule has 0 saturated carbocycles. The van der Waals surface area contributed by atoms with Gasteiger partial charge in [-0.3, -0.25) is 4.68 Å². The van der Waals surface area contributed by atoms with Gasteiger partial charge < -0.3 is 14.5 Å². The van der Waals surface area contributed by atoms with E-state index in [1.807, 2.05) is 61.1 Å². The molecule has 0 aliphatic rings. The van der Waals surface area contributed by atoms with E-state index in [0.29, 0.717) is 12.4 Å². The molecule has 1 unspecified atom stereocenters. The van der Waals surface area contributed by atoms with Crippen LogP contribution in [0.3, 0.4) is 0 Å². The summed E-state index contributed by atoms with van der Waals surface area (Å²) in [6.45, 7) is 6.50. The molecule has 1 atom stereocenters. The molecule has 8 heteroatoms. The molecule has 0 aliphatic heterocycles. The molecule has 0 fully saturated rings. The lowest BCUT2D eigenvalue weighted by Crippen LogP contribution is -2.09. The van der Waals surface area contributed by atoms with Crippen molar-refractivity contribution in [2.45, 2.75) is 38.0 Å². The zero-order chi connectivity index (χ0) is 24.4. The Balaban J connectivity index is 1.32. The second-order valence-electron chi connectivity index (χ2n) is 8.51. The number of aryl methyl sites for hydroxylation is 2. The number of nitrogens with zero attached hydrogens (tertiary/aromatic N) is 4. The third-order valence-corrected chi connectivity index (χ3v) is 6.53. The van der Waals surface area contributed by atoms with E-state index < -0.39 is 0 Å². The molecule has 3 heterocycles. The Kier molecular flexibility index (Phi) is 6.72. The van der Waals surface area contributed by atoms with Crippen LogP contribution in [0.5, 0.6) is 5.75 Å². The summed E-state index contributed by atoms with van der Waals surface area (Å²) in [7, 11) is 0. The lowest BCUT2D eigenvalue weighted by atomic mass is 10.1. The third kappa shape index (κ3) is 5.32. The lowest BCUT2D eigenvalue weighted by molar-refractivity contribution is 0.299. The highest BCUT2D eigenvalue weighted by Gasteiger charge is 2.12. The molecule has 3 aromatic heterocycles. The van der Waals surface area contributed by atoms with E-state index in [4.69, 9.17) is 9.15 Å². The summed E-state index contributed by atoms with van der Waals surface area (Å²) < 4.78 is 14.3. The molecule has 0 aliphatic carbocycles. The number of nitrogens with one attached hydrogen (secondary N) is 1. The minimum Gasteiger partial charge on any atom is -0.487 e. The van der Waals surface area contributed by atoms with Gasteiger partial charge in [0.25, 0.3) is 0 Å². The van der Waals surface area contributed by atoms with E-state index in [0.717, 1.165) is 55.2 Å². The molecule has 5 rings (SSSR count). The maximum Gasteiger partial charge on any atom is 0.134 e. The van der Waals surface area contributed by atoms with E-state index >= 15 is 0 Å². The summed E-state index contributed by atoms with van der Waals surface area (Å²) in [5, 5.41) is 9.09. The molecule has 35 heavy (non-hydrogen) atoms. The highest BCUT2D eigenvalue weighted by molar-refractivity contribution is 14.1. The smallest absolute Gasteiger partial charge is 0.134 e. The van der Waals surface area contributed by atoms with Crippen molar-refractivity contribution in [3.63, 3.8) is 0 Å². The Labute approximate surface area is 217 Å². The summed E-state index contributed by atoms with van der Waals surface area (Å²) in [5.74, 6) is 2.30.